The van der Waals surface area contributed by atoms with Crippen LogP contribution in [0.5, 0.6) is 0 Å². The molecule has 92 valence electrons. The third-order valence-electron chi connectivity index (χ3n) is 2.64. The van der Waals surface area contributed by atoms with E-state index in [0.717, 1.165) is 11.1 Å². The van der Waals surface area contributed by atoms with Crippen molar-refractivity contribution in [1.29, 1.82) is 0 Å². The fraction of sp³-hybridized carbons (Fsp3) is 0.600. The van der Waals surface area contributed by atoms with Crippen LogP contribution in [-0.4, -0.2) is 0 Å². The first-order chi connectivity index (χ1) is 7.34. The lowest BCUT2D eigenvalue weighted by molar-refractivity contribution is 0.220. The summed E-state index contributed by atoms with van der Waals surface area (Å²) in [5, 5.41) is 0. The summed E-state index contributed by atoms with van der Waals surface area (Å²) in [6, 6.07) is 5.90. The molecule has 0 spiro atoms. The van der Waals surface area contributed by atoms with Crippen molar-refractivity contribution >= 4 is 0 Å². The molecule has 1 heteroatoms. The molecule has 1 rings (SSSR count). The Morgan fingerprint density at radius 1 is 1.12 bits per heavy atom. The van der Waals surface area contributed by atoms with Gasteiger partial charge >= 0.3 is 0 Å². The van der Waals surface area contributed by atoms with Gasteiger partial charge in [-0.3, -0.25) is 0 Å². The standard InChI is InChI=1S/C13H19F.C2H6/c1-9(2)11-7-6-8-12(10(11)3)13(4,5)14;1-2/h6-9H,1-5H3;1-2H3. The summed E-state index contributed by atoms with van der Waals surface area (Å²) in [6.45, 7) is 13.5. The summed E-state index contributed by atoms with van der Waals surface area (Å²) in [5.41, 5.74) is 1.90. The summed E-state index contributed by atoms with van der Waals surface area (Å²) in [5.74, 6) is 0.456. The van der Waals surface area contributed by atoms with Gasteiger partial charge in [0.25, 0.3) is 0 Å². The van der Waals surface area contributed by atoms with Gasteiger partial charge in [0.2, 0.25) is 0 Å². The van der Waals surface area contributed by atoms with Gasteiger partial charge in [-0.1, -0.05) is 45.9 Å². The number of rotatable bonds is 2. The van der Waals surface area contributed by atoms with Gasteiger partial charge in [-0.15, -0.1) is 0 Å². The fourth-order valence-corrected chi connectivity index (χ4v) is 1.92. The van der Waals surface area contributed by atoms with Crippen molar-refractivity contribution in [2.75, 3.05) is 0 Å². The molecule has 1 aromatic rings. The van der Waals surface area contributed by atoms with Crippen LogP contribution in [0.25, 0.3) is 0 Å². The van der Waals surface area contributed by atoms with Gasteiger partial charge in [0.05, 0.1) is 0 Å². The van der Waals surface area contributed by atoms with E-state index in [1.807, 2.05) is 32.9 Å². The highest BCUT2D eigenvalue weighted by molar-refractivity contribution is 5.38. The molecule has 0 unspecified atom stereocenters. The summed E-state index contributed by atoms with van der Waals surface area (Å²) in [7, 11) is 0. The molecule has 0 amide bonds. The number of benzene rings is 1. The highest BCUT2D eigenvalue weighted by atomic mass is 19.1. The molecule has 16 heavy (non-hydrogen) atoms. The number of hydrogen-bond donors (Lipinski definition) is 0. The van der Waals surface area contributed by atoms with E-state index in [9.17, 15) is 4.39 Å². The molecular formula is C15H25F. The largest absolute Gasteiger partial charge is 0.239 e. The summed E-state index contributed by atoms with van der Waals surface area (Å²) in [4.78, 5) is 0. The van der Waals surface area contributed by atoms with E-state index >= 15 is 0 Å². The molecule has 0 nitrogen and oxygen atoms in total. The molecule has 0 radical (unpaired) electrons. The summed E-state index contributed by atoms with van der Waals surface area (Å²) in [6.07, 6.45) is 0. The zero-order chi connectivity index (χ0) is 12.9. The molecule has 0 N–H and O–H groups in total. The van der Waals surface area contributed by atoms with Crippen LogP contribution >= 0.6 is 0 Å². The molecule has 0 aromatic heterocycles. The lowest BCUT2D eigenvalue weighted by Crippen LogP contribution is -2.12. The number of alkyl halides is 1. The lowest BCUT2D eigenvalue weighted by Gasteiger charge is -2.21. The third-order valence-corrected chi connectivity index (χ3v) is 2.64. The first-order valence-electron chi connectivity index (χ1n) is 6.13. The molecule has 0 aliphatic rings. The Hall–Kier alpha value is -0.850. The van der Waals surface area contributed by atoms with Gasteiger partial charge in [0.1, 0.15) is 5.67 Å². The molecule has 0 bridgehead atoms. The average Bonchev–Trinajstić information content (AvgIpc) is 2.19. The van der Waals surface area contributed by atoms with E-state index in [-0.39, 0.29) is 0 Å². The maximum Gasteiger partial charge on any atom is 0.130 e. The smallest absolute Gasteiger partial charge is 0.130 e. The van der Waals surface area contributed by atoms with E-state index in [1.165, 1.54) is 5.56 Å². The Kier molecular flexibility index (Phi) is 5.71. The van der Waals surface area contributed by atoms with Crippen molar-refractivity contribution in [3.63, 3.8) is 0 Å². The molecular weight excluding hydrogens is 199 g/mol. The highest BCUT2D eigenvalue weighted by Crippen LogP contribution is 2.31. The first-order valence-corrected chi connectivity index (χ1v) is 6.13. The van der Waals surface area contributed by atoms with Crippen LogP contribution < -0.4 is 0 Å². The second-order valence-corrected chi connectivity index (χ2v) is 4.65. The molecule has 1 aromatic carbocycles. The average molecular weight is 224 g/mol. The molecule has 0 saturated heterocycles. The van der Waals surface area contributed by atoms with Crippen molar-refractivity contribution in [2.45, 2.75) is 60.1 Å². The molecule has 0 aliphatic heterocycles. The lowest BCUT2D eigenvalue weighted by atomic mass is 9.88. The Balaban J connectivity index is 0.00000106. The van der Waals surface area contributed by atoms with Crippen molar-refractivity contribution in [1.82, 2.24) is 0 Å². The maximum absolute atomic E-state index is 13.8. The van der Waals surface area contributed by atoms with Crippen LogP contribution in [0.3, 0.4) is 0 Å². The van der Waals surface area contributed by atoms with Gasteiger partial charge in [-0.05, 0) is 43.4 Å². The van der Waals surface area contributed by atoms with Crippen molar-refractivity contribution in [2.24, 2.45) is 0 Å². The first kappa shape index (κ1) is 15.2. The summed E-state index contributed by atoms with van der Waals surface area (Å²) >= 11 is 0. The van der Waals surface area contributed by atoms with E-state index in [4.69, 9.17) is 0 Å². The van der Waals surface area contributed by atoms with E-state index in [2.05, 4.69) is 19.9 Å². The second-order valence-electron chi connectivity index (χ2n) is 4.65. The molecule has 0 saturated carbocycles. The predicted octanol–water partition coefficient (Wildman–Crippen LogP) is 5.35. The Bertz CT molecular complexity index is 319. The summed E-state index contributed by atoms with van der Waals surface area (Å²) < 4.78 is 13.8. The van der Waals surface area contributed by atoms with Crippen LogP contribution in [-0.2, 0) is 5.67 Å². The van der Waals surface area contributed by atoms with Gasteiger partial charge in [0.15, 0.2) is 0 Å². The Morgan fingerprint density at radius 3 is 2.00 bits per heavy atom. The van der Waals surface area contributed by atoms with Gasteiger partial charge in [0, 0.05) is 0 Å². The minimum Gasteiger partial charge on any atom is -0.239 e. The Labute approximate surface area is 99.9 Å². The van der Waals surface area contributed by atoms with Gasteiger partial charge in [-0.2, -0.15) is 0 Å². The van der Waals surface area contributed by atoms with Crippen molar-refractivity contribution in [3.05, 3.63) is 34.9 Å². The monoisotopic (exact) mass is 224 g/mol. The van der Waals surface area contributed by atoms with Crippen LogP contribution in [0.1, 0.15) is 64.2 Å². The quantitative estimate of drug-likeness (QED) is 0.635. The van der Waals surface area contributed by atoms with Crippen molar-refractivity contribution in [3.8, 4) is 0 Å². The number of halogens is 1. The van der Waals surface area contributed by atoms with Crippen LogP contribution in [0.15, 0.2) is 18.2 Å². The topological polar surface area (TPSA) is 0 Å². The third kappa shape index (κ3) is 3.62. The Morgan fingerprint density at radius 2 is 1.62 bits per heavy atom. The predicted molar refractivity (Wildman–Crippen MR) is 70.8 cm³/mol. The number of hydrogen-bond acceptors (Lipinski definition) is 0. The van der Waals surface area contributed by atoms with Crippen LogP contribution in [0.4, 0.5) is 4.39 Å². The second kappa shape index (κ2) is 6.03. The molecule has 0 heterocycles. The normalized spacial score (nSPS) is 11.1. The zero-order valence-corrected chi connectivity index (χ0v) is 11.7. The van der Waals surface area contributed by atoms with E-state index < -0.39 is 5.67 Å². The highest BCUT2D eigenvalue weighted by Gasteiger charge is 2.22. The van der Waals surface area contributed by atoms with E-state index in [0.29, 0.717) is 5.92 Å². The SMILES string of the molecule is CC.Cc1c(C(C)C)cccc1C(C)(C)F. The molecule has 0 atom stereocenters. The van der Waals surface area contributed by atoms with Gasteiger partial charge in [-0.25, -0.2) is 4.39 Å². The minimum absolute atomic E-state index is 0.456. The minimum atomic E-state index is -1.24. The van der Waals surface area contributed by atoms with Gasteiger partial charge < -0.3 is 0 Å². The van der Waals surface area contributed by atoms with Crippen molar-refractivity contribution < 1.29 is 4.39 Å². The van der Waals surface area contributed by atoms with E-state index in [1.54, 1.807) is 13.8 Å². The molecule has 0 fully saturated rings. The van der Waals surface area contributed by atoms with Crippen LogP contribution in [0, 0.1) is 6.92 Å². The molecule has 0 aliphatic carbocycles. The van der Waals surface area contributed by atoms with Crippen LogP contribution in [0.2, 0.25) is 0 Å². The maximum atomic E-state index is 13.8. The zero-order valence-electron chi connectivity index (χ0n) is 11.7. The fourth-order valence-electron chi connectivity index (χ4n) is 1.92.